The molecule has 0 aromatic heterocycles. The van der Waals surface area contributed by atoms with Gasteiger partial charge < -0.3 is 5.73 Å². The van der Waals surface area contributed by atoms with Crippen molar-refractivity contribution in [2.45, 2.75) is 32.1 Å². The summed E-state index contributed by atoms with van der Waals surface area (Å²) in [6, 6.07) is 8.12. The van der Waals surface area contributed by atoms with Gasteiger partial charge in [-0.25, -0.2) is 0 Å². The van der Waals surface area contributed by atoms with Crippen molar-refractivity contribution < 1.29 is 4.21 Å². The molecular formula is C12H19NOS. The molecule has 0 amide bonds. The van der Waals surface area contributed by atoms with Crippen LogP contribution in [0.15, 0.2) is 24.3 Å². The van der Waals surface area contributed by atoms with Crippen LogP contribution in [0.1, 0.15) is 25.0 Å². The molecule has 2 nitrogen and oxygen atoms in total. The summed E-state index contributed by atoms with van der Waals surface area (Å²) < 4.78 is 11.8. The van der Waals surface area contributed by atoms with Gasteiger partial charge in [-0.1, -0.05) is 29.8 Å². The van der Waals surface area contributed by atoms with Crippen molar-refractivity contribution in [1.29, 1.82) is 0 Å². The molecule has 0 spiro atoms. The van der Waals surface area contributed by atoms with Gasteiger partial charge in [0, 0.05) is 27.8 Å². The molecular weight excluding hydrogens is 206 g/mol. The average molecular weight is 225 g/mol. The summed E-state index contributed by atoms with van der Waals surface area (Å²) in [5, 5.41) is 0. The summed E-state index contributed by atoms with van der Waals surface area (Å²) in [5.74, 6) is 1.14. The smallest absolute Gasteiger partial charge is 0.0486 e. The van der Waals surface area contributed by atoms with Crippen molar-refractivity contribution in [3.05, 3.63) is 35.4 Å². The monoisotopic (exact) mass is 225 g/mol. The summed E-state index contributed by atoms with van der Waals surface area (Å²) in [6.07, 6.45) is 0. The Hall–Kier alpha value is -0.670. The van der Waals surface area contributed by atoms with Gasteiger partial charge >= 0.3 is 0 Å². The first kappa shape index (κ1) is 12.4. The number of hydrogen-bond donors (Lipinski definition) is 1. The molecule has 0 bridgehead atoms. The predicted molar refractivity (Wildman–Crippen MR) is 66.2 cm³/mol. The maximum atomic E-state index is 11.8. The van der Waals surface area contributed by atoms with Gasteiger partial charge in [0.25, 0.3) is 0 Å². The van der Waals surface area contributed by atoms with Crippen molar-refractivity contribution in [1.82, 2.24) is 0 Å². The minimum absolute atomic E-state index is 0.352. The maximum Gasteiger partial charge on any atom is 0.0486 e. The van der Waals surface area contributed by atoms with Crippen LogP contribution in [-0.4, -0.2) is 15.5 Å². The molecule has 1 aromatic rings. The van der Waals surface area contributed by atoms with E-state index in [1.807, 2.05) is 39.0 Å². The van der Waals surface area contributed by atoms with Crippen LogP contribution in [0.3, 0.4) is 0 Å². The molecule has 3 heteroatoms. The SMILES string of the molecule is Cc1cccc(CS(=O)CC(C)(C)N)c1. The fourth-order valence-electron chi connectivity index (χ4n) is 1.45. The number of rotatable bonds is 4. The van der Waals surface area contributed by atoms with Gasteiger partial charge in [-0.3, -0.25) is 4.21 Å². The number of benzene rings is 1. The van der Waals surface area contributed by atoms with Gasteiger partial charge in [0.05, 0.1) is 0 Å². The first-order valence-corrected chi connectivity index (χ1v) is 6.55. The number of aryl methyl sites for hydroxylation is 1. The van der Waals surface area contributed by atoms with Crippen LogP contribution in [0, 0.1) is 6.92 Å². The Bertz CT molecular complexity index is 355. The van der Waals surface area contributed by atoms with Gasteiger partial charge in [-0.2, -0.15) is 0 Å². The lowest BCUT2D eigenvalue weighted by atomic mass is 10.1. The van der Waals surface area contributed by atoms with E-state index in [1.165, 1.54) is 5.56 Å². The zero-order chi connectivity index (χ0) is 11.5. The Morgan fingerprint density at radius 2 is 2.07 bits per heavy atom. The average Bonchev–Trinajstić information content (AvgIpc) is 1.99. The molecule has 0 fully saturated rings. The first-order valence-electron chi connectivity index (χ1n) is 5.06. The van der Waals surface area contributed by atoms with Crippen molar-refractivity contribution in [3.8, 4) is 0 Å². The summed E-state index contributed by atoms with van der Waals surface area (Å²) in [5.41, 5.74) is 7.80. The second-order valence-corrected chi connectivity index (χ2v) is 6.16. The molecule has 1 aromatic carbocycles. The van der Waals surface area contributed by atoms with E-state index in [9.17, 15) is 4.21 Å². The minimum Gasteiger partial charge on any atom is -0.325 e. The van der Waals surface area contributed by atoms with E-state index in [0.29, 0.717) is 11.5 Å². The normalized spacial score (nSPS) is 13.9. The zero-order valence-electron chi connectivity index (χ0n) is 9.62. The van der Waals surface area contributed by atoms with Crippen LogP contribution >= 0.6 is 0 Å². The van der Waals surface area contributed by atoms with Crippen LogP contribution in [0.4, 0.5) is 0 Å². The second kappa shape index (κ2) is 4.90. The topological polar surface area (TPSA) is 43.1 Å². The minimum atomic E-state index is -0.874. The van der Waals surface area contributed by atoms with Gasteiger partial charge in [0.1, 0.15) is 0 Å². The third-order valence-corrected chi connectivity index (χ3v) is 3.66. The van der Waals surface area contributed by atoms with Crippen LogP contribution < -0.4 is 5.73 Å². The highest BCUT2D eigenvalue weighted by Gasteiger charge is 2.15. The molecule has 2 N–H and O–H groups in total. The van der Waals surface area contributed by atoms with E-state index >= 15 is 0 Å². The molecule has 15 heavy (non-hydrogen) atoms. The largest absolute Gasteiger partial charge is 0.325 e. The van der Waals surface area contributed by atoms with E-state index in [-0.39, 0.29) is 5.54 Å². The summed E-state index contributed by atoms with van der Waals surface area (Å²) in [4.78, 5) is 0. The summed E-state index contributed by atoms with van der Waals surface area (Å²) in [6.45, 7) is 5.85. The van der Waals surface area contributed by atoms with Gasteiger partial charge in [-0.05, 0) is 26.3 Å². The Kier molecular flexibility index (Phi) is 4.05. The molecule has 84 valence electrons. The quantitative estimate of drug-likeness (QED) is 0.851. The Morgan fingerprint density at radius 3 is 2.60 bits per heavy atom. The van der Waals surface area contributed by atoms with Gasteiger partial charge in [0.15, 0.2) is 0 Å². The molecule has 0 aliphatic rings. The Balaban J connectivity index is 2.59. The van der Waals surface area contributed by atoms with Crippen LogP contribution in [0.25, 0.3) is 0 Å². The molecule has 1 unspecified atom stereocenters. The first-order chi connectivity index (χ1) is 6.87. The third kappa shape index (κ3) is 5.09. The molecule has 1 rings (SSSR count). The second-order valence-electron chi connectivity index (χ2n) is 4.71. The molecule has 0 saturated carbocycles. The third-order valence-electron chi connectivity index (χ3n) is 1.94. The standard InChI is InChI=1S/C12H19NOS/c1-10-5-4-6-11(7-10)8-15(14)9-12(2,3)13/h4-7H,8-9,13H2,1-3H3. The van der Waals surface area contributed by atoms with E-state index in [4.69, 9.17) is 5.73 Å². The molecule has 0 radical (unpaired) electrons. The van der Waals surface area contributed by atoms with Gasteiger partial charge in [0.2, 0.25) is 0 Å². The highest BCUT2D eigenvalue weighted by Crippen LogP contribution is 2.09. The summed E-state index contributed by atoms with van der Waals surface area (Å²) in [7, 11) is -0.874. The van der Waals surface area contributed by atoms with Crippen molar-refractivity contribution in [3.63, 3.8) is 0 Å². The van der Waals surface area contributed by atoms with E-state index in [0.717, 1.165) is 5.56 Å². The van der Waals surface area contributed by atoms with Crippen LogP contribution in [-0.2, 0) is 16.6 Å². The molecule has 0 aliphatic heterocycles. The van der Waals surface area contributed by atoms with E-state index < -0.39 is 10.8 Å². The van der Waals surface area contributed by atoms with Crippen molar-refractivity contribution >= 4 is 10.8 Å². The number of nitrogens with two attached hydrogens (primary N) is 1. The van der Waals surface area contributed by atoms with Gasteiger partial charge in [-0.15, -0.1) is 0 Å². The highest BCUT2D eigenvalue weighted by molar-refractivity contribution is 7.84. The molecule has 0 aliphatic carbocycles. The predicted octanol–water partition coefficient (Wildman–Crippen LogP) is 1.98. The lowest BCUT2D eigenvalue weighted by molar-refractivity contribution is 0.577. The van der Waals surface area contributed by atoms with E-state index in [2.05, 4.69) is 6.07 Å². The van der Waals surface area contributed by atoms with E-state index in [1.54, 1.807) is 0 Å². The fraction of sp³-hybridized carbons (Fsp3) is 0.500. The molecule has 0 heterocycles. The summed E-state index contributed by atoms with van der Waals surface area (Å²) >= 11 is 0. The Labute approximate surface area is 94.3 Å². The Morgan fingerprint density at radius 1 is 1.40 bits per heavy atom. The number of hydrogen-bond acceptors (Lipinski definition) is 2. The zero-order valence-corrected chi connectivity index (χ0v) is 10.4. The lowest BCUT2D eigenvalue weighted by Crippen LogP contribution is -2.38. The van der Waals surface area contributed by atoms with Crippen molar-refractivity contribution in [2.75, 3.05) is 5.75 Å². The highest BCUT2D eigenvalue weighted by atomic mass is 32.2. The fourth-order valence-corrected chi connectivity index (χ4v) is 2.94. The maximum absolute atomic E-state index is 11.8. The molecule has 1 atom stereocenters. The van der Waals surface area contributed by atoms with Crippen LogP contribution in [0.2, 0.25) is 0 Å². The van der Waals surface area contributed by atoms with Crippen molar-refractivity contribution in [2.24, 2.45) is 5.73 Å². The van der Waals surface area contributed by atoms with Crippen LogP contribution in [0.5, 0.6) is 0 Å². The lowest BCUT2D eigenvalue weighted by Gasteiger charge is -2.17. The molecule has 0 saturated heterocycles.